The third-order valence-corrected chi connectivity index (χ3v) is 6.11. The Labute approximate surface area is 171 Å². The van der Waals surface area contributed by atoms with E-state index in [1.807, 2.05) is 43.3 Å². The monoisotopic (exact) mass is 418 g/mol. The van der Waals surface area contributed by atoms with Crippen LogP contribution in [0, 0.1) is 6.92 Å². The Kier molecular flexibility index (Phi) is 7.09. The SMILES string of the molecule is Cc1ccc(Nc2nnc(SCC(=O)NCCc3ccccc3)s2)cc1Cl. The Morgan fingerprint density at radius 3 is 2.78 bits per heavy atom. The van der Waals surface area contributed by atoms with Crippen molar-refractivity contribution in [3.05, 3.63) is 64.7 Å². The van der Waals surface area contributed by atoms with Gasteiger partial charge in [-0.25, -0.2) is 0 Å². The summed E-state index contributed by atoms with van der Waals surface area (Å²) in [6, 6.07) is 15.8. The van der Waals surface area contributed by atoms with Gasteiger partial charge in [0.05, 0.1) is 5.75 Å². The van der Waals surface area contributed by atoms with Crippen molar-refractivity contribution in [2.45, 2.75) is 17.7 Å². The second kappa shape index (κ2) is 9.73. The fourth-order valence-electron chi connectivity index (χ4n) is 2.28. The third kappa shape index (κ3) is 6.23. The molecule has 0 bridgehead atoms. The minimum absolute atomic E-state index is 0.00837. The largest absolute Gasteiger partial charge is 0.355 e. The van der Waals surface area contributed by atoms with Crippen LogP contribution in [0.5, 0.6) is 0 Å². The van der Waals surface area contributed by atoms with Crippen LogP contribution < -0.4 is 10.6 Å². The van der Waals surface area contributed by atoms with E-state index >= 15 is 0 Å². The number of carbonyl (C=O) groups is 1. The molecule has 140 valence electrons. The lowest BCUT2D eigenvalue weighted by molar-refractivity contribution is -0.118. The molecule has 1 amide bonds. The summed E-state index contributed by atoms with van der Waals surface area (Å²) in [5, 5.41) is 15.7. The number of nitrogens with one attached hydrogen (secondary N) is 2. The van der Waals surface area contributed by atoms with Crippen molar-refractivity contribution in [1.29, 1.82) is 0 Å². The maximum atomic E-state index is 12.0. The van der Waals surface area contributed by atoms with E-state index in [9.17, 15) is 4.79 Å². The zero-order valence-corrected chi connectivity index (χ0v) is 17.1. The van der Waals surface area contributed by atoms with Gasteiger partial charge in [0.2, 0.25) is 11.0 Å². The number of hydrogen-bond acceptors (Lipinski definition) is 6. The van der Waals surface area contributed by atoms with Gasteiger partial charge in [-0.05, 0) is 36.6 Å². The lowest BCUT2D eigenvalue weighted by atomic mass is 10.1. The molecule has 0 aliphatic rings. The number of anilines is 2. The molecule has 27 heavy (non-hydrogen) atoms. The summed E-state index contributed by atoms with van der Waals surface area (Å²) in [7, 11) is 0. The molecule has 8 heteroatoms. The minimum Gasteiger partial charge on any atom is -0.355 e. The van der Waals surface area contributed by atoms with Gasteiger partial charge in [0, 0.05) is 17.3 Å². The van der Waals surface area contributed by atoms with E-state index in [0.717, 1.165) is 22.0 Å². The van der Waals surface area contributed by atoms with Crippen LogP contribution >= 0.6 is 34.7 Å². The second-order valence-electron chi connectivity index (χ2n) is 5.84. The number of thioether (sulfide) groups is 1. The Hall–Kier alpha value is -2.09. The summed E-state index contributed by atoms with van der Waals surface area (Å²) in [6.45, 7) is 2.58. The molecule has 0 radical (unpaired) electrons. The van der Waals surface area contributed by atoms with Crippen LogP contribution in [-0.2, 0) is 11.2 Å². The van der Waals surface area contributed by atoms with Gasteiger partial charge >= 0.3 is 0 Å². The number of rotatable bonds is 8. The van der Waals surface area contributed by atoms with Gasteiger partial charge in [-0.3, -0.25) is 4.79 Å². The summed E-state index contributed by atoms with van der Waals surface area (Å²) < 4.78 is 0.744. The molecule has 0 unspecified atom stereocenters. The molecule has 2 aromatic carbocycles. The van der Waals surface area contributed by atoms with Crippen molar-refractivity contribution in [3.8, 4) is 0 Å². The van der Waals surface area contributed by atoms with Crippen molar-refractivity contribution in [3.63, 3.8) is 0 Å². The fraction of sp³-hybridized carbons (Fsp3) is 0.211. The maximum Gasteiger partial charge on any atom is 0.230 e. The molecule has 2 N–H and O–H groups in total. The lowest BCUT2D eigenvalue weighted by Gasteiger charge is -2.04. The van der Waals surface area contributed by atoms with E-state index in [0.29, 0.717) is 22.5 Å². The summed E-state index contributed by atoms with van der Waals surface area (Å²) in [4.78, 5) is 12.0. The smallest absolute Gasteiger partial charge is 0.230 e. The summed E-state index contributed by atoms with van der Waals surface area (Å²) in [5.74, 6) is 0.311. The first-order valence-corrected chi connectivity index (χ1v) is 10.6. The Balaban J connectivity index is 1.42. The molecule has 0 saturated carbocycles. The highest BCUT2D eigenvalue weighted by Crippen LogP contribution is 2.29. The molecule has 0 saturated heterocycles. The predicted octanol–water partition coefficient (Wildman–Crippen LogP) is 4.69. The van der Waals surface area contributed by atoms with Gasteiger partial charge in [-0.15, -0.1) is 10.2 Å². The highest BCUT2D eigenvalue weighted by molar-refractivity contribution is 8.01. The molecule has 0 fully saturated rings. The topological polar surface area (TPSA) is 66.9 Å². The zero-order chi connectivity index (χ0) is 19.1. The van der Waals surface area contributed by atoms with Crippen molar-refractivity contribution >= 4 is 51.4 Å². The molecule has 1 heterocycles. The van der Waals surface area contributed by atoms with Crippen LogP contribution in [0.25, 0.3) is 0 Å². The van der Waals surface area contributed by atoms with Gasteiger partial charge in [0.25, 0.3) is 0 Å². The molecule has 3 aromatic rings. The van der Waals surface area contributed by atoms with Crippen molar-refractivity contribution in [2.24, 2.45) is 0 Å². The van der Waals surface area contributed by atoms with E-state index in [4.69, 9.17) is 11.6 Å². The number of benzene rings is 2. The fourth-order valence-corrected chi connectivity index (χ4v) is 4.06. The van der Waals surface area contributed by atoms with Crippen LogP contribution in [-0.4, -0.2) is 28.4 Å². The normalized spacial score (nSPS) is 10.6. The molecule has 3 rings (SSSR count). The van der Waals surface area contributed by atoms with E-state index in [1.165, 1.54) is 28.7 Å². The molecule has 0 aliphatic carbocycles. The van der Waals surface area contributed by atoms with Crippen molar-refractivity contribution < 1.29 is 4.79 Å². The highest BCUT2D eigenvalue weighted by Gasteiger charge is 2.09. The van der Waals surface area contributed by atoms with Crippen molar-refractivity contribution in [1.82, 2.24) is 15.5 Å². The zero-order valence-electron chi connectivity index (χ0n) is 14.7. The van der Waals surface area contributed by atoms with Gasteiger partial charge in [0.1, 0.15) is 0 Å². The quantitative estimate of drug-likeness (QED) is 0.519. The lowest BCUT2D eigenvalue weighted by Crippen LogP contribution is -2.27. The number of aromatic nitrogens is 2. The van der Waals surface area contributed by atoms with Crippen LogP contribution in [0.1, 0.15) is 11.1 Å². The number of aryl methyl sites for hydroxylation is 1. The average molecular weight is 419 g/mol. The molecule has 5 nitrogen and oxygen atoms in total. The first-order chi connectivity index (χ1) is 13.1. The van der Waals surface area contributed by atoms with Gasteiger partial charge in [-0.2, -0.15) is 0 Å². The number of nitrogens with zero attached hydrogens (tertiary/aromatic N) is 2. The van der Waals surface area contributed by atoms with E-state index < -0.39 is 0 Å². The molecular formula is C19H19ClN4OS2. The second-order valence-corrected chi connectivity index (χ2v) is 8.44. The Morgan fingerprint density at radius 2 is 2.00 bits per heavy atom. The third-order valence-electron chi connectivity index (χ3n) is 3.73. The summed E-state index contributed by atoms with van der Waals surface area (Å²) >= 11 is 8.91. The predicted molar refractivity (Wildman–Crippen MR) is 113 cm³/mol. The molecular weight excluding hydrogens is 400 g/mol. The summed E-state index contributed by atoms with van der Waals surface area (Å²) in [6.07, 6.45) is 0.823. The van der Waals surface area contributed by atoms with E-state index in [2.05, 4.69) is 33.0 Å². The van der Waals surface area contributed by atoms with Gasteiger partial charge < -0.3 is 10.6 Å². The Morgan fingerprint density at radius 1 is 1.19 bits per heavy atom. The van der Waals surface area contributed by atoms with Crippen molar-refractivity contribution in [2.75, 3.05) is 17.6 Å². The number of amides is 1. The number of hydrogen-bond donors (Lipinski definition) is 2. The van der Waals surface area contributed by atoms with Crippen LogP contribution in [0.4, 0.5) is 10.8 Å². The average Bonchev–Trinajstić information content (AvgIpc) is 3.11. The summed E-state index contributed by atoms with van der Waals surface area (Å²) in [5.41, 5.74) is 3.09. The van der Waals surface area contributed by atoms with Crippen LogP contribution in [0.2, 0.25) is 5.02 Å². The first-order valence-electron chi connectivity index (χ1n) is 8.40. The van der Waals surface area contributed by atoms with Gasteiger partial charge in [0.15, 0.2) is 4.34 Å². The highest BCUT2D eigenvalue weighted by atomic mass is 35.5. The van der Waals surface area contributed by atoms with Gasteiger partial charge in [-0.1, -0.05) is 71.1 Å². The minimum atomic E-state index is -0.00837. The molecule has 0 spiro atoms. The van der Waals surface area contributed by atoms with Crippen LogP contribution in [0.3, 0.4) is 0 Å². The van der Waals surface area contributed by atoms with Crippen LogP contribution in [0.15, 0.2) is 52.9 Å². The van der Waals surface area contributed by atoms with E-state index in [-0.39, 0.29) is 5.91 Å². The Bertz CT molecular complexity index is 902. The maximum absolute atomic E-state index is 12.0. The first kappa shape index (κ1) is 19.7. The molecule has 0 atom stereocenters. The van der Waals surface area contributed by atoms with E-state index in [1.54, 1.807) is 0 Å². The number of halogens is 1. The molecule has 0 aliphatic heterocycles. The number of carbonyl (C=O) groups excluding carboxylic acids is 1. The molecule has 1 aromatic heterocycles. The standard InChI is InChI=1S/C19H19ClN4OS2/c1-13-7-8-15(11-16(13)20)22-18-23-24-19(27-18)26-12-17(25)21-10-9-14-5-3-2-4-6-14/h2-8,11H,9-10,12H2,1H3,(H,21,25)(H,22,23).